The van der Waals surface area contributed by atoms with Gasteiger partial charge in [-0.25, -0.2) is 0 Å². The first-order valence-electron chi connectivity index (χ1n) is 6.96. The predicted octanol–water partition coefficient (Wildman–Crippen LogP) is 5.24. The van der Waals surface area contributed by atoms with E-state index in [4.69, 9.17) is 0 Å². The molecule has 0 spiro atoms. The lowest BCUT2D eigenvalue weighted by Crippen LogP contribution is -1.82. The number of hydrogen-bond donors (Lipinski definition) is 0. The first-order valence-corrected chi connectivity index (χ1v) is 6.96. The zero-order valence-electron chi connectivity index (χ0n) is 11.4. The molecule has 0 nitrogen and oxygen atoms in total. The van der Waals surface area contributed by atoms with E-state index in [-0.39, 0.29) is 0 Å². The smallest absolute Gasteiger partial charge is 0.0212 e. The van der Waals surface area contributed by atoms with E-state index in [0.717, 1.165) is 0 Å². The maximum absolute atomic E-state index is 2.30. The standard InChI is InChI=1S/C20H15/c1-14-7-9-19-17(11-14)13-18-12-16(8-10-20(18)19)15-5-3-2-4-6-15/h2-13H,1H3. The van der Waals surface area contributed by atoms with Gasteiger partial charge in [0.05, 0.1) is 0 Å². The highest BCUT2D eigenvalue weighted by molar-refractivity contribution is 5.84. The lowest BCUT2D eigenvalue weighted by molar-refractivity contribution is 1.43. The molecule has 3 aromatic rings. The van der Waals surface area contributed by atoms with Gasteiger partial charge in [0.1, 0.15) is 0 Å². The quantitative estimate of drug-likeness (QED) is 0.436. The van der Waals surface area contributed by atoms with Crippen LogP contribution in [0.15, 0.2) is 66.7 Å². The van der Waals surface area contributed by atoms with Gasteiger partial charge in [-0.15, -0.1) is 0 Å². The van der Waals surface area contributed by atoms with Crippen LogP contribution in [0.25, 0.3) is 22.3 Å². The number of benzene rings is 3. The summed E-state index contributed by atoms with van der Waals surface area (Å²) in [5.74, 6) is 0. The molecule has 0 saturated carbocycles. The van der Waals surface area contributed by atoms with Crippen molar-refractivity contribution in [3.63, 3.8) is 0 Å². The lowest BCUT2D eigenvalue weighted by Gasteiger charge is -2.05. The van der Waals surface area contributed by atoms with Crippen LogP contribution in [-0.2, 0) is 0 Å². The molecule has 0 bridgehead atoms. The van der Waals surface area contributed by atoms with Crippen LogP contribution >= 0.6 is 0 Å². The second-order valence-electron chi connectivity index (χ2n) is 5.40. The Kier molecular flexibility index (Phi) is 2.50. The lowest BCUT2D eigenvalue weighted by atomic mass is 9.99. The molecule has 0 aliphatic heterocycles. The van der Waals surface area contributed by atoms with Gasteiger partial charge in [0.2, 0.25) is 0 Å². The molecular formula is C20H15. The van der Waals surface area contributed by atoms with E-state index in [1.165, 1.54) is 38.9 Å². The van der Waals surface area contributed by atoms with Gasteiger partial charge in [-0.3, -0.25) is 0 Å². The van der Waals surface area contributed by atoms with Crippen LogP contribution in [0.5, 0.6) is 0 Å². The van der Waals surface area contributed by atoms with Crippen LogP contribution in [-0.4, -0.2) is 0 Å². The van der Waals surface area contributed by atoms with Gasteiger partial charge in [-0.1, -0.05) is 66.2 Å². The number of hydrogen-bond acceptors (Lipinski definition) is 0. The minimum Gasteiger partial charge on any atom is -0.0622 e. The van der Waals surface area contributed by atoms with Crippen molar-refractivity contribution in [2.24, 2.45) is 0 Å². The van der Waals surface area contributed by atoms with Crippen molar-refractivity contribution in [1.29, 1.82) is 0 Å². The average Bonchev–Trinajstić information content (AvgIpc) is 2.84. The minimum absolute atomic E-state index is 1.27. The van der Waals surface area contributed by atoms with E-state index >= 15 is 0 Å². The van der Waals surface area contributed by atoms with Crippen LogP contribution in [0.2, 0.25) is 0 Å². The molecular weight excluding hydrogens is 240 g/mol. The van der Waals surface area contributed by atoms with Crippen molar-refractivity contribution in [3.8, 4) is 22.3 Å². The Morgan fingerprint density at radius 2 is 1.30 bits per heavy atom. The molecule has 1 aliphatic rings. The second kappa shape index (κ2) is 4.35. The van der Waals surface area contributed by atoms with Crippen molar-refractivity contribution >= 4 is 0 Å². The topological polar surface area (TPSA) is 0 Å². The minimum atomic E-state index is 1.27. The van der Waals surface area contributed by atoms with E-state index < -0.39 is 0 Å². The monoisotopic (exact) mass is 255 g/mol. The first kappa shape index (κ1) is 11.5. The SMILES string of the molecule is Cc1ccc2c(c1)[CH]c1cc(-c3ccccc3)ccc1-2. The summed E-state index contributed by atoms with van der Waals surface area (Å²) >= 11 is 0. The Labute approximate surface area is 119 Å². The summed E-state index contributed by atoms with van der Waals surface area (Å²) < 4.78 is 0. The Morgan fingerprint density at radius 1 is 0.600 bits per heavy atom. The number of fused-ring (bicyclic) bond motifs is 3. The highest BCUT2D eigenvalue weighted by atomic mass is 14.2. The van der Waals surface area contributed by atoms with Gasteiger partial charge in [0, 0.05) is 6.42 Å². The van der Waals surface area contributed by atoms with Gasteiger partial charge < -0.3 is 0 Å². The van der Waals surface area contributed by atoms with Crippen LogP contribution in [0.4, 0.5) is 0 Å². The summed E-state index contributed by atoms with van der Waals surface area (Å²) in [5, 5.41) is 0. The maximum atomic E-state index is 2.30. The molecule has 0 heterocycles. The molecule has 1 aliphatic carbocycles. The van der Waals surface area contributed by atoms with Gasteiger partial charge in [-0.2, -0.15) is 0 Å². The fourth-order valence-corrected chi connectivity index (χ4v) is 2.95. The molecule has 4 rings (SSSR count). The molecule has 0 amide bonds. The van der Waals surface area contributed by atoms with E-state index in [2.05, 4.69) is 80.1 Å². The van der Waals surface area contributed by atoms with Gasteiger partial charge in [-0.05, 0) is 46.4 Å². The zero-order chi connectivity index (χ0) is 13.5. The Morgan fingerprint density at radius 3 is 2.10 bits per heavy atom. The number of aryl methyl sites for hydroxylation is 1. The molecule has 95 valence electrons. The van der Waals surface area contributed by atoms with Crippen molar-refractivity contribution in [3.05, 3.63) is 89.8 Å². The second-order valence-corrected chi connectivity index (χ2v) is 5.40. The number of rotatable bonds is 1. The van der Waals surface area contributed by atoms with Gasteiger partial charge in [0.15, 0.2) is 0 Å². The Hall–Kier alpha value is -2.34. The Balaban J connectivity index is 1.82. The average molecular weight is 255 g/mol. The molecule has 0 aromatic heterocycles. The van der Waals surface area contributed by atoms with Crippen molar-refractivity contribution in [1.82, 2.24) is 0 Å². The first-order chi connectivity index (χ1) is 9.81. The van der Waals surface area contributed by atoms with Crippen molar-refractivity contribution in [2.45, 2.75) is 6.92 Å². The molecule has 0 saturated heterocycles. The summed E-state index contributed by atoms with van der Waals surface area (Å²) in [6, 6.07) is 24.0. The molecule has 0 atom stereocenters. The van der Waals surface area contributed by atoms with Crippen LogP contribution in [0.1, 0.15) is 16.7 Å². The summed E-state index contributed by atoms with van der Waals surface area (Å²) in [4.78, 5) is 0. The third-order valence-corrected chi connectivity index (χ3v) is 3.97. The molecule has 0 fully saturated rings. The van der Waals surface area contributed by atoms with E-state index in [9.17, 15) is 0 Å². The van der Waals surface area contributed by atoms with E-state index in [1.807, 2.05) is 0 Å². The highest BCUT2D eigenvalue weighted by Gasteiger charge is 2.18. The molecule has 1 radical (unpaired) electrons. The third kappa shape index (κ3) is 1.77. The molecule has 0 heteroatoms. The van der Waals surface area contributed by atoms with Crippen molar-refractivity contribution < 1.29 is 0 Å². The predicted molar refractivity (Wildman–Crippen MR) is 84.6 cm³/mol. The molecule has 20 heavy (non-hydrogen) atoms. The summed E-state index contributed by atoms with van der Waals surface area (Å²) in [5.41, 5.74) is 9.24. The van der Waals surface area contributed by atoms with Crippen molar-refractivity contribution in [2.75, 3.05) is 0 Å². The van der Waals surface area contributed by atoms with Gasteiger partial charge >= 0.3 is 0 Å². The van der Waals surface area contributed by atoms with Crippen LogP contribution in [0.3, 0.4) is 0 Å². The van der Waals surface area contributed by atoms with E-state index in [0.29, 0.717) is 0 Å². The fourth-order valence-electron chi connectivity index (χ4n) is 2.95. The third-order valence-electron chi connectivity index (χ3n) is 3.97. The van der Waals surface area contributed by atoms with Crippen LogP contribution in [0, 0.1) is 13.3 Å². The highest BCUT2D eigenvalue weighted by Crippen LogP contribution is 2.40. The largest absolute Gasteiger partial charge is 0.0622 e. The fraction of sp³-hybridized carbons (Fsp3) is 0.0500. The molecule has 0 unspecified atom stereocenters. The zero-order valence-corrected chi connectivity index (χ0v) is 11.4. The van der Waals surface area contributed by atoms with Gasteiger partial charge in [0.25, 0.3) is 0 Å². The summed E-state index contributed by atoms with van der Waals surface area (Å²) in [6.45, 7) is 2.15. The normalized spacial score (nSPS) is 12.1. The molecule has 0 N–H and O–H groups in total. The molecule has 3 aromatic carbocycles. The summed E-state index contributed by atoms with van der Waals surface area (Å²) in [6.07, 6.45) is 2.30. The van der Waals surface area contributed by atoms with E-state index in [1.54, 1.807) is 0 Å². The maximum Gasteiger partial charge on any atom is 0.0212 e. The van der Waals surface area contributed by atoms with Crippen LogP contribution < -0.4 is 0 Å². The summed E-state index contributed by atoms with van der Waals surface area (Å²) in [7, 11) is 0. The Bertz CT molecular complexity index is 782.